The molecule has 2 rings (SSSR count). The summed E-state index contributed by atoms with van der Waals surface area (Å²) in [5, 5.41) is 9.45. The molecule has 1 aromatic carbocycles. The van der Waals surface area contributed by atoms with Gasteiger partial charge in [0.25, 0.3) is 0 Å². The van der Waals surface area contributed by atoms with E-state index < -0.39 is 5.97 Å². The van der Waals surface area contributed by atoms with Gasteiger partial charge in [0.05, 0.1) is 0 Å². The van der Waals surface area contributed by atoms with Gasteiger partial charge in [-0.1, -0.05) is 31.4 Å². The molecular formula is C17H22ClNO2. The molecule has 0 saturated heterocycles. The average molecular weight is 308 g/mol. The molecule has 2 unspecified atom stereocenters. The Kier molecular flexibility index (Phi) is 5.29. The van der Waals surface area contributed by atoms with Crippen molar-refractivity contribution in [1.82, 2.24) is 0 Å². The Morgan fingerprint density at radius 3 is 2.76 bits per heavy atom. The Labute approximate surface area is 131 Å². The van der Waals surface area contributed by atoms with Crippen LogP contribution < -0.4 is 4.90 Å². The maximum atomic E-state index is 10.8. The Balaban J connectivity index is 2.31. The van der Waals surface area contributed by atoms with Crippen LogP contribution in [-0.4, -0.2) is 24.2 Å². The lowest BCUT2D eigenvalue weighted by molar-refractivity contribution is -0.131. The van der Waals surface area contributed by atoms with Crippen molar-refractivity contribution in [2.24, 2.45) is 5.92 Å². The van der Waals surface area contributed by atoms with E-state index in [4.69, 9.17) is 16.7 Å². The first-order valence-corrected chi connectivity index (χ1v) is 7.80. The van der Waals surface area contributed by atoms with E-state index in [1.807, 2.05) is 18.2 Å². The number of carbonyl (C=O) groups is 1. The molecule has 21 heavy (non-hydrogen) atoms. The molecule has 1 aliphatic rings. The van der Waals surface area contributed by atoms with E-state index in [2.05, 4.69) is 18.9 Å². The second kappa shape index (κ2) is 6.99. The van der Waals surface area contributed by atoms with Gasteiger partial charge in [0.2, 0.25) is 0 Å². The average Bonchev–Trinajstić information content (AvgIpc) is 2.45. The van der Waals surface area contributed by atoms with Gasteiger partial charge in [-0.15, -0.1) is 0 Å². The van der Waals surface area contributed by atoms with E-state index in [1.165, 1.54) is 25.7 Å². The number of carboxylic acids is 1. The van der Waals surface area contributed by atoms with Gasteiger partial charge < -0.3 is 10.0 Å². The Morgan fingerprint density at radius 1 is 1.38 bits per heavy atom. The first-order valence-electron chi connectivity index (χ1n) is 7.42. The Morgan fingerprint density at radius 2 is 2.10 bits per heavy atom. The minimum atomic E-state index is -0.949. The molecule has 0 radical (unpaired) electrons. The summed E-state index contributed by atoms with van der Waals surface area (Å²) in [6.45, 7) is 2.29. The largest absolute Gasteiger partial charge is 0.478 e. The molecule has 2 atom stereocenters. The van der Waals surface area contributed by atoms with Crippen LogP contribution in [0.2, 0.25) is 5.02 Å². The zero-order valence-corrected chi connectivity index (χ0v) is 13.3. The number of aliphatic carboxylic acids is 1. The highest BCUT2D eigenvalue weighted by Gasteiger charge is 2.26. The topological polar surface area (TPSA) is 40.5 Å². The zero-order chi connectivity index (χ0) is 15.4. The number of nitrogens with zero attached hydrogens (tertiary/aromatic N) is 1. The molecule has 0 spiro atoms. The van der Waals surface area contributed by atoms with Gasteiger partial charge in [-0.2, -0.15) is 0 Å². The van der Waals surface area contributed by atoms with E-state index >= 15 is 0 Å². The summed E-state index contributed by atoms with van der Waals surface area (Å²) in [4.78, 5) is 13.0. The van der Waals surface area contributed by atoms with Crippen LogP contribution in [-0.2, 0) is 4.79 Å². The Hall–Kier alpha value is -1.48. The summed E-state index contributed by atoms with van der Waals surface area (Å²) in [6.07, 6.45) is 7.78. The summed E-state index contributed by atoms with van der Waals surface area (Å²) in [7, 11) is 2.09. The molecule has 0 amide bonds. The molecule has 1 saturated carbocycles. The fraction of sp³-hybridized carbons (Fsp3) is 0.471. The standard InChI is InChI=1S/C17H22ClNO2/c1-12-5-3-4-6-15(12)19(2)16-9-8-14(18)11-13(16)7-10-17(20)21/h7-12,15H,3-6H2,1-2H3,(H,20,21)/b10-7+. The van der Waals surface area contributed by atoms with Crippen LogP contribution >= 0.6 is 11.6 Å². The third-order valence-electron chi connectivity index (χ3n) is 4.34. The molecule has 0 bridgehead atoms. The minimum Gasteiger partial charge on any atom is -0.478 e. The predicted molar refractivity (Wildman–Crippen MR) is 87.9 cm³/mol. The quantitative estimate of drug-likeness (QED) is 0.835. The van der Waals surface area contributed by atoms with Crippen LogP contribution in [0.5, 0.6) is 0 Å². The number of carboxylic acid groups (broad SMARTS) is 1. The van der Waals surface area contributed by atoms with E-state index in [-0.39, 0.29) is 0 Å². The number of benzene rings is 1. The van der Waals surface area contributed by atoms with E-state index in [9.17, 15) is 4.79 Å². The van der Waals surface area contributed by atoms with Crippen LogP contribution in [0.1, 0.15) is 38.2 Å². The van der Waals surface area contributed by atoms with Gasteiger partial charge in [-0.3, -0.25) is 0 Å². The summed E-state index contributed by atoms with van der Waals surface area (Å²) >= 11 is 6.05. The first-order chi connectivity index (χ1) is 9.99. The monoisotopic (exact) mass is 307 g/mol. The van der Waals surface area contributed by atoms with E-state index in [1.54, 1.807) is 6.08 Å². The molecule has 1 aliphatic carbocycles. The maximum absolute atomic E-state index is 10.8. The van der Waals surface area contributed by atoms with Gasteiger partial charge >= 0.3 is 5.97 Å². The lowest BCUT2D eigenvalue weighted by Crippen LogP contribution is -2.39. The van der Waals surface area contributed by atoms with E-state index in [0.29, 0.717) is 17.0 Å². The summed E-state index contributed by atoms with van der Waals surface area (Å²) in [5.41, 5.74) is 1.89. The summed E-state index contributed by atoms with van der Waals surface area (Å²) in [6, 6.07) is 6.15. The van der Waals surface area contributed by atoms with Crippen LogP contribution in [0.15, 0.2) is 24.3 Å². The van der Waals surface area contributed by atoms with Crippen LogP contribution in [0.3, 0.4) is 0 Å². The van der Waals surface area contributed by atoms with Crippen molar-refractivity contribution in [3.05, 3.63) is 34.9 Å². The molecule has 1 aromatic rings. The molecule has 0 aromatic heterocycles. The fourth-order valence-electron chi connectivity index (χ4n) is 3.19. The third kappa shape index (κ3) is 4.01. The van der Waals surface area contributed by atoms with Crippen molar-refractivity contribution in [3.8, 4) is 0 Å². The Bertz CT molecular complexity index is 542. The van der Waals surface area contributed by atoms with Crippen molar-refractivity contribution >= 4 is 29.3 Å². The van der Waals surface area contributed by atoms with Crippen LogP contribution in [0.25, 0.3) is 6.08 Å². The van der Waals surface area contributed by atoms with Gasteiger partial charge in [0.15, 0.2) is 0 Å². The van der Waals surface area contributed by atoms with Crippen molar-refractivity contribution in [3.63, 3.8) is 0 Å². The predicted octanol–water partition coefficient (Wildman–Crippen LogP) is 4.45. The molecule has 4 heteroatoms. The second-order valence-electron chi connectivity index (χ2n) is 5.81. The lowest BCUT2D eigenvalue weighted by atomic mass is 9.84. The maximum Gasteiger partial charge on any atom is 0.328 e. The highest BCUT2D eigenvalue weighted by atomic mass is 35.5. The fourth-order valence-corrected chi connectivity index (χ4v) is 3.37. The SMILES string of the molecule is CC1CCCCC1N(C)c1ccc(Cl)cc1/C=C/C(=O)O. The van der Waals surface area contributed by atoms with Crippen molar-refractivity contribution in [1.29, 1.82) is 0 Å². The zero-order valence-electron chi connectivity index (χ0n) is 12.6. The molecule has 0 aliphatic heterocycles. The highest BCUT2D eigenvalue weighted by Crippen LogP contribution is 2.33. The molecule has 3 nitrogen and oxygen atoms in total. The minimum absolute atomic E-state index is 0.497. The second-order valence-corrected chi connectivity index (χ2v) is 6.25. The number of hydrogen-bond acceptors (Lipinski definition) is 2. The molecule has 114 valence electrons. The molecule has 1 N–H and O–H groups in total. The summed E-state index contributed by atoms with van der Waals surface area (Å²) < 4.78 is 0. The van der Waals surface area contributed by atoms with Crippen LogP contribution in [0, 0.1) is 5.92 Å². The van der Waals surface area contributed by atoms with Crippen molar-refractivity contribution in [2.75, 3.05) is 11.9 Å². The number of anilines is 1. The van der Waals surface area contributed by atoms with Gasteiger partial charge in [-0.05, 0) is 48.6 Å². The van der Waals surface area contributed by atoms with Crippen LogP contribution in [0.4, 0.5) is 5.69 Å². The van der Waals surface area contributed by atoms with Gasteiger partial charge in [-0.25, -0.2) is 4.79 Å². The first kappa shape index (κ1) is 15.9. The number of halogens is 1. The molecule has 1 fully saturated rings. The molecule has 0 heterocycles. The van der Waals surface area contributed by atoms with E-state index in [0.717, 1.165) is 17.3 Å². The van der Waals surface area contributed by atoms with Crippen molar-refractivity contribution in [2.45, 2.75) is 38.6 Å². The lowest BCUT2D eigenvalue weighted by Gasteiger charge is -2.38. The normalized spacial score (nSPS) is 22.4. The highest BCUT2D eigenvalue weighted by molar-refractivity contribution is 6.30. The third-order valence-corrected chi connectivity index (χ3v) is 4.57. The van der Waals surface area contributed by atoms with Gasteiger partial charge in [0.1, 0.15) is 0 Å². The smallest absolute Gasteiger partial charge is 0.328 e. The van der Waals surface area contributed by atoms with Crippen molar-refractivity contribution < 1.29 is 9.90 Å². The molecular weight excluding hydrogens is 286 g/mol. The summed E-state index contributed by atoms with van der Waals surface area (Å²) in [5.74, 6) is -0.301. The number of hydrogen-bond donors (Lipinski definition) is 1. The number of rotatable bonds is 4. The van der Waals surface area contributed by atoms with Gasteiger partial charge in [0, 0.05) is 29.9 Å².